The van der Waals surface area contributed by atoms with Crippen molar-refractivity contribution in [3.63, 3.8) is 0 Å². The summed E-state index contributed by atoms with van der Waals surface area (Å²) in [6, 6.07) is 0. The molecule has 0 bridgehead atoms. The van der Waals surface area contributed by atoms with Crippen molar-refractivity contribution in [3.05, 3.63) is 0 Å². The van der Waals surface area contributed by atoms with E-state index in [4.69, 9.17) is 0 Å². The monoisotopic (exact) mass is 221 g/mol. The zero-order chi connectivity index (χ0) is 11.0. The minimum Gasteiger partial charge on any atom is -0.303 e. The van der Waals surface area contributed by atoms with Gasteiger partial charge in [-0.25, -0.2) is 0 Å². The highest BCUT2D eigenvalue weighted by atomic mass is 16.1. The summed E-state index contributed by atoms with van der Waals surface area (Å²) in [4.78, 5) is 14.2. The van der Waals surface area contributed by atoms with Gasteiger partial charge in [-0.1, -0.05) is 6.42 Å². The van der Waals surface area contributed by atoms with Crippen LogP contribution in [-0.2, 0) is 4.79 Å². The Balaban J connectivity index is 1.44. The molecule has 1 heterocycles. The Bertz CT molecular complexity index is 264. The molecule has 2 saturated carbocycles. The fraction of sp³-hybridized carbons (Fsp3) is 0.929. The van der Waals surface area contributed by atoms with Gasteiger partial charge in [-0.05, 0) is 50.5 Å². The van der Waals surface area contributed by atoms with Gasteiger partial charge in [0.1, 0.15) is 5.78 Å². The van der Waals surface area contributed by atoms with Gasteiger partial charge in [0.25, 0.3) is 0 Å². The number of nitrogens with zero attached hydrogens (tertiary/aromatic N) is 1. The molecule has 0 aromatic carbocycles. The maximum absolute atomic E-state index is 11.6. The van der Waals surface area contributed by atoms with E-state index in [0.29, 0.717) is 11.7 Å². The Kier molecular flexibility index (Phi) is 3.01. The normalized spacial score (nSPS) is 39.5. The Morgan fingerprint density at radius 3 is 2.44 bits per heavy atom. The van der Waals surface area contributed by atoms with Crippen LogP contribution in [0.15, 0.2) is 0 Å². The van der Waals surface area contributed by atoms with Crippen molar-refractivity contribution in [1.29, 1.82) is 0 Å². The number of ketones is 1. The zero-order valence-electron chi connectivity index (χ0n) is 10.2. The number of hydrogen-bond acceptors (Lipinski definition) is 2. The lowest BCUT2D eigenvalue weighted by atomic mass is 10.0. The third-order valence-electron chi connectivity index (χ3n) is 5.03. The van der Waals surface area contributed by atoms with Crippen LogP contribution in [0.3, 0.4) is 0 Å². The van der Waals surface area contributed by atoms with Crippen LogP contribution in [0, 0.1) is 17.8 Å². The standard InChI is InChI=1S/C14H23NO/c16-14-6-2-3-11(14)7-8-15-9-12-4-1-5-13(12)10-15/h11-13H,1-10H2. The van der Waals surface area contributed by atoms with Gasteiger partial charge in [-0.15, -0.1) is 0 Å². The lowest BCUT2D eigenvalue weighted by molar-refractivity contribution is -0.120. The molecule has 2 heteroatoms. The Morgan fingerprint density at radius 2 is 1.81 bits per heavy atom. The van der Waals surface area contributed by atoms with E-state index >= 15 is 0 Å². The van der Waals surface area contributed by atoms with E-state index in [0.717, 1.165) is 31.1 Å². The van der Waals surface area contributed by atoms with Gasteiger partial charge in [0.2, 0.25) is 0 Å². The van der Waals surface area contributed by atoms with Crippen molar-refractivity contribution in [2.24, 2.45) is 17.8 Å². The largest absolute Gasteiger partial charge is 0.303 e. The first-order chi connectivity index (χ1) is 7.83. The molecule has 1 saturated heterocycles. The molecule has 0 aromatic heterocycles. The number of rotatable bonds is 3. The zero-order valence-corrected chi connectivity index (χ0v) is 10.2. The molecule has 16 heavy (non-hydrogen) atoms. The SMILES string of the molecule is O=C1CCCC1CCN1CC2CCCC2C1. The predicted octanol–water partition coefficient (Wildman–Crippen LogP) is 2.48. The van der Waals surface area contributed by atoms with E-state index in [2.05, 4.69) is 4.90 Å². The molecule has 90 valence electrons. The van der Waals surface area contributed by atoms with Crippen molar-refractivity contribution in [2.45, 2.75) is 44.9 Å². The number of Topliss-reactive ketones (excluding diaryl/α,β-unsaturated/α-hetero) is 1. The second kappa shape index (κ2) is 4.48. The van der Waals surface area contributed by atoms with Crippen molar-refractivity contribution >= 4 is 5.78 Å². The van der Waals surface area contributed by atoms with Crippen LogP contribution in [0.4, 0.5) is 0 Å². The first-order valence-electron chi connectivity index (χ1n) is 7.08. The highest BCUT2D eigenvalue weighted by molar-refractivity contribution is 5.82. The summed E-state index contributed by atoms with van der Waals surface area (Å²) in [5.41, 5.74) is 0. The number of carbonyl (C=O) groups excluding carboxylic acids is 1. The second-order valence-corrected chi connectivity index (χ2v) is 6.05. The number of carbonyl (C=O) groups is 1. The maximum Gasteiger partial charge on any atom is 0.136 e. The highest BCUT2D eigenvalue weighted by Crippen LogP contribution is 2.38. The summed E-state index contributed by atoms with van der Waals surface area (Å²) in [5, 5.41) is 0. The van der Waals surface area contributed by atoms with Crippen LogP contribution in [0.2, 0.25) is 0 Å². The van der Waals surface area contributed by atoms with Gasteiger partial charge in [0.05, 0.1) is 0 Å². The number of fused-ring (bicyclic) bond motifs is 1. The Labute approximate surface area is 98.4 Å². The summed E-state index contributed by atoms with van der Waals surface area (Å²) >= 11 is 0. The molecular weight excluding hydrogens is 198 g/mol. The molecule has 3 unspecified atom stereocenters. The van der Waals surface area contributed by atoms with Gasteiger partial charge in [-0.3, -0.25) is 4.79 Å². The maximum atomic E-state index is 11.6. The third kappa shape index (κ3) is 2.04. The average Bonchev–Trinajstić information content (AvgIpc) is 2.89. The van der Waals surface area contributed by atoms with Crippen LogP contribution in [0.25, 0.3) is 0 Å². The summed E-state index contributed by atoms with van der Waals surface area (Å²) < 4.78 is 0. The lowest BCUT2D eigenvalue weighted by Crippen LogP contribution is -2.25. The number of likely N-dealkylation sites (tertiary alicyclic amines) is 1. The average molecular weight is 221 g/mol. The second-order valence-electron chi connectivity index (χ2n) is 6.05. The van der Waals surface area contributed by atoms with E-state index in [1.165, 1.54) is 45.3 Å². The molecule has 3 rings (SSSR count). The van der Waals surface area contributed by atoms with Crippen molar-refractivity contribution in [3.8, 4) is 0 Å². The molecule has 3 atom stereocenters. The summed E-state index contributed by atoms with van der Waals surface area (Å²) in [6.07, 6.45) is 8.69. The smallest absolute Gasteiger partial charge is 0.136 e. The van der Waals surface area contributed by atoms with Crippen LogP contribution in [0.5, 0.6) is 0 Å². The minimum absolute atomic E-state index is 0.417. The number of hydrogen-bond donors (Lipinski definition) is 0. The molecule has 3 aliphatic rings. The first kappa shape index (κ1) is 10.8. The van der Waals surface area contributed by atoms with Crippen molar-refractivity contribution in [1.82, 2.24) is 4.90 Å². The summed E-state index contributed by atoms with van der Waals surface area (Å²) in [5.74, 6) is 2.96. The van der Waals surface area contributed by atoms with Crippen LogP contribution >= 0.6 is 0 Å². The predicted molar refractivity (Wildman–Crippen MR) is 64.2 cm³/mol. The molecule has 0 N–H and O–H groups in total. The lowest BCUT2D eigenvalue weighted by Gasteiger charge is -2.18. The molecule has 2 aliphatic carbocycles. The fourth-order valence-electron chi connectivity index (χ4n) is 4.05. The molecule has 2 nitrogen and oxygen atoms in total. The molecule has 0 aromatic rings. The fourth-order valence-corrected chi connectivity index (χ4v) is 4.05. The van der Waals surface area contributed by atoms with E-state index in [9.17, 15) is 4.79 Å². The summed E-state index contributed by atoms with van der Waals surface area (Å²) in [6.45, 7) is 3.83. The van der Waals surface area contributed by atoms with E-state index in [-0.39, 0.29) is 0 Å². The summed E-state index contributed by atoms with van der Waals surface area (Å²) in [7, 11) is 0. The minimum atomic E-state index is 0.417. The first-order valence-corrected chi connectivity index (χ1v) is 7.08. The Morgan fingerprint density at radius 1 is 1.06 bits per heavy atom. The van der Waals surface area contributed by atoms with Crippen LogP contribution < -0.4 is 0 Å². The van der Waals surface area contributed by atoms with E-state index < -0.39 is 0 Å². The quantitative estimate of drug-likeness (QED) is 0.729. The molecule has 0 amide bonds. The van der Waals surface area contributed by atoms with E-state index in [1.54, 1.807) is 0 Å². The van der Waals surface area contributed by atoms with E-state index in [1.807, 2.05) is 0 Å². The van der Waals surface area contributed by atoms with Crippen LogP contribution in [-0.4, -0.2) is 30.3 Å². The molecule has 3 fully saturated rings. The van der Waals surface area contributed by atoms with Gasteiger partial charge in [-0.2, -0.15) is 0 Å². The van der Waals surface area contributed by atoms with Gasteiger partial charge in [0.15, 0.2) is 0 Å². The molecule has 1 aliphatic heterocycles. The van der Waals surface area contributed by atoms with Gasteiger partial charge in [0, 0.05) is 25.4 Å². The Hall–Kier alpha value is -0.370. The van der Waals surface area contributed by atoms with Crippen molar-refractivity contribution in [2.75, 3.05) is 19.6 Å². The molecule has 0 spiro atoms. The third-order valence-corrected chi connectivity index (χ3v) is 5.03. The van der Waals surface area contributed by atoms with Crippen LogP contribution in [0.1, 0.15) is 44.9 Å². The molecule has 0 radical (unpaired) electrons. The van der Waals surface area contributed by atoms with Crippen molar-refractivity contribution < 1.29 is 4.79 Å². The topological polar surface area (TPSA) is 20.3 Å². The van der Waals surface area contributed by atoms with Gasteiger partial charge < -0.3 is 4.90 Å². The van der Waals surface area contributed by atoms with Gasteiger partial charge >= 0.3 is 0 Å². The highest BCUT2D eigenvalue weighted by Gasteiger charge is 2.36. The molecular formula is C14H23NO.